The van der Waals surface area contributed by atoms with Gasteiger partial charge in [0.25, 0.3) is 5.69 Å². The third kappa shape index (κ3) is 3.32. The van der Waals surface area contributed by atoms with E-state index in [1.54, 1.807) is 24.3 Å². The van der Waals surface area contributed by atoms with Crippen LogP contribution in [0, 0.1) is 10.1 Å². The zero-order chi connectivity index (χ0) is 14.5. The molecule has 0 bridgehead atoms. The minimum Gasteiger partial charge on any atom is -0.489 e. The van der Waals surface area contributed by atoms with E-state index in [1.165, 1.54) is 24.3 Å². The summed E-state index contributed by atoms with van der Waals surface area (Å²) in [7, 11) is 0. The Morgan fingerprint density at radius 2 is 1.90 bits per heavy atom. The van der Waals surface area contributed by atoms with Crippen LogP contribution in [0.25, 0.3) is 0 Å². The second kappa shape index (κ2) is 5.83. The van der Waals surface area contributed by atoms with Crippen molar-refractivity contribution in [3.8, 4) is 5.75 Å². The fourth-order valence-electron chi connectivity index (χ4n) is 1.60. The largest absolute Gasteiger partial charge is 0.489 e. The second-order valence-corrected chi connectivity index (χ2v) is 4.05. The first-order chi connectivity index (χ1) is 9.56. The van der Waals surface area contributed by atoms with Gasteiger partial charge in [0.15, 0.2) is 0 Å². The van der Waals surface area contributed by atoms with Gasteiger partial charge in [-0.3, -0.25) is 10.1 Å². The van der Waals surface area contributed by atoms with Gasteiger partial charge in [-0.1, -0.05) is 18.2 Å². The van der Waals surface area contributed by atoms with Crippen molar-refractivity contribution in [2.45, 2.75) is 6.61 Å². The molecular weight excluding hydrogens is 262 g/mol. The normalized spacial score (nSPS) is 10.0. The number of benzene rings is 2. The molecule has 0 amide bonds. The van der Waals surface area contributed by atoms with E-state index >= 15 is 0 Å². The summed E-state index contributed by atoms with van der Waals surface area (Å²) in [5, 5.41) is 19.4. The number of hydrogen-bond donors (Lipinski definition) is 1. The maximum atomic E-state index is 10.7. The zero-order valence-electron chi connectivity index (χ0n) is 10.4. The van der Waals surface area contributed by atoms with Gasteiger partial charge in [-0.15, -0.1) is 0 Å². The van der Waals surface area contributed by atoms with E-state index in [0.717, 1.165) is 5.56 Å². The Morgan fingerprint density at radius 3 is 2.50 bits per heavy atom. The van der Waals surface area contributed by atoms with Crippen molar-refractivity contribution < 1.29 is 19.6 Å². The summed E-state index contributed by atoms with van der Waals surface area (Å²) in [4.78, 5) is 20.8. The molecule has 0 radical (unpaired) electrons. The van der Waals surface area contributed by atoms with Crippen LogP contribution in [-0.2, 0) is 6.61 Å². The molecule has 0 aliphatic heterocycles. The summed E-state index contributed by atoms with van der Waals surface area (Å²) in [5.74, 6) is -0.599. The molecule has 1 N–H and O–H groups in total. The lowest BCUT2D eigenvalue weighted by molar-refractivity contribution is -0.384. The highest BCUT2D eigenvalue weighted by molar-refractivity contribution is 5.87. The number of ether oxygens (including phenoxy) is 1. The van der Waals surface area contributed by atoms with Gasteiger partial charge in [-0.05, 0) is 23.8 Å². The number of nitrogens with zero attached hydrogens (tertiary/aromatic N) is 1. The summed E-state index contributed by atoms with van der Waals surface area (Å²) in [6.45, 7) is 0.209. The Bertz CT molecular complexity index is 636. The van der Waals surface area contributed by atoms with Crippen LogP contribution < -0.4 is 4.74 Å². The van der Waals surface area contributed by atoms with E-state index in [4.69, 9.17) is 9.84 Å². The summed E-state index contributed by atoms with van der Waals surface area (Å²) in [6.07, 6.45) is 0. The lowest BCUT2D eigenvalue weighted by atomic mass is 10.1. The average molecular weight is 273 g/mol. The van der Waals surface area contributed by atoms with E-state index in [1.807, 2.05) is 0 Å². The van der Waals surface area contributed by atoms with Crippen molar-refractivity contribution in [2.75, 3.05) is 0 Å². The third-order valence-corrected chi connectivity index (χ3v) is 2.63. The first kappa shape index (κ1) is 13.5. The number of nitro benzene ring substituents is 1. The van der Waals surface area contributed by atoms with Gasteiger partial charge in [0, 0.05) is 6.07 Å². The van der Waals surface area contributed by atoms with Gasteiger partial charge >= 0.3 is 5.97 Å². The number of carboxylic acids is 1. The van der Waals surface area contributed by atoms with Crippen molar-refractivity contribution in [1.82, 2.24) is 0 Å². The van der Waals surface area contributed by atoms with Crippen LogP contribution in [0.1, 0.15) is 15.9 Å². The highest BCUT2D eigenvalue weighted by atomic mass is 16.6. The maximum absolute atomic E-state index is 10.7. The predicted molar refractivity (Wildman–Crippen MR) is 70.8 cm³/mol. The SMILES string of the molecule is O=C(O)c1ccc(COc2cccc([N+](=O)[O-])c2)cc1. The van der Waals surface area contributed by atoms with Crippen molar-refractivity contribution in [3.05, 3.63) is 69.8 Å². The molecule has 6 heteroatoms. The molecule has 0 aliphatic carbocycles. The van der Waals surface area contributed by atoms with Gasteiger partial charge < -0.3 is 9.84 Å². The van der Waals surface area contributed by atoms with E-state index in [2.05, 4.69) is 0 Å². The Hall–Kier alpha value is -2.89. The fourth-order valence-corrected chi connectivity index (χ4v) is 1.60. The molecule has 20 heavy (non-hydrogen) atoms. The second-order valence-electron chi connectivity index (χ2n) is 4.05. The van der Waals surface area contributed by atoms with Gasteiger partial charge in [0.1, 0.15) is 12.4 Å². The van der Waals surface area contributed by atoms with Crippen molar-refractivity contribution >= 4 is 11.7 Å². The molecule has 6 nitrogen and oxygen atoms in total. The van der Waals surface area contributed by atoms with E-state index in [0.29, 0.717) is 5.75 Å². The Labute approximate surface area is 114 Å². The van der Waals surface area contributed by atoms with Crippen LogP contribution in [0.3, 0.4) is 0 Å². The summed E-state index contributed by atoms with van der Waals surface area (Å²) in [5.41, 5.74) is 0.939. The quantitative estimate of drug-likeness (QED) is 0.668. The summed E-state index contributed by atoms with van der Waals surface area (Å²) >= 11 is 0. The molecule has 2 rings (SSSR count). The Kier molecular flexibility index (Phi) is 3.95. The van der Waals surface area contributed by atoms with Crippen LogP contribution in [0.5, 0.6) is 5.75 Å². The van der Waals surface area contributed by atoms with Gasteiger partial charge in [-0.25, -0.2) is 4.79 Å². The van der Waals surface area contributed by atoms with Crippen LogP contribution >= 0.6 is 0 Å². The fraction of sp³-hybridized carbons (Fsp3) is 0.0714. The predicted octanol–water partition coefficient (Wildman–Crippen LogP) is 2.87. The molecule has 0 fully saturated rings. The van der Waals surface area contributed by atoms with Crippen LogP contribution in [-0.4, -0.2) is 16.0 Å². The van der Waals surface area contributed by atoms with E-state index in [9.17, 15) is 14.9 Å². The first-order valence-electron chi connectivity index (χ1n) is 5.76. The number of hydrogen-bond acceptors (Lipinski definition) is 4. The molecule has 0 unspecified atom stereocenters. The molecule has 0 saturated heterocycles. The molecule has 2 aromatic rings. The molecule has 0 heterocycles. The van der Waals surface area contributed by atoms with Crippen molar-refractivity contribution in [1.29, 1.82) is 0 Å². The van der Waals surface area contributed by atoms with Crippen molar-refractivity contribution in [2.24, 2.45) is 0 Å². The molecule has 0 atom stereocenters. The van der Waals surface area contributed by atoms with Crippen LogP contribution in [0.2, 0.25) is 0 Å². The van der Waals surface area contributed by atoms with E-state index < -0.39 is 10.9 Å². The summed E-state index contributed by atoms with van der Waals surface area (Å²) < 4.78 is 5.43. The molecule has 0 aromatic heterocycles. The Balaban J connectivity index is 2.03. The third-order valence-electron chi connectivity index (χ3n) is 2.63. The number of nitro groups is 1. The Morgan fingerprint density at radius 1 is 1.20 bits per heavy atom. The number of carbonyl (C=O) groups is 1. The topological polar surface area (TPSA) is 89.7 Å². The zero-order valence-corrected chi connectivity index (χ0v) is 10.4. The van der Waals surface area contributed by atoms with Crippen molar-refractivity contribution in [3.63, 3.8) is 0 Å². The monoisotopic (exact) mass is 273 g/mol. The highest BCUT2D eigenvalue weighted by Gasteiger charge is 2.07. The first-order valence-corrected chi connectivity index (χ1v) is 5.76. The number of aromatic carboxylic acids is 1. The molecule has 0 spiro atoms. The lowest BCUT2D eigenvalue weighted by Gasteiger charge is -2.06. The number of non-ortho nitro benzene ring substituents is 1. The lowest BCUT2D eigenvalue weighted by Crippen LogP contribution is -1.99. The standard InChI is InChI=1S/C14H11NO5/c16-14(17)11-6-4-10(5-7-11)9-20-13-3-1-2-12(8-13)15(18)19/h1-8H,9H2,(H,16,17). The van der Waals surface area contributed by atoms with E-state index in [-0.39, 0.29) is 17.9 Å². The number of carboxylic acid groups (broad SMARTS) is 1. The minimum atomic E-state index is -0.990. The molecule has 2 aromatic carbocycles. The average Bonchev–Trinajstić information content (AvgIpc) is 2.46. The van der Waals surface area contributed by atoms with Gasteiger partial charge in [0.05, 0.1) is 16.6 Å². The van der Waals surface area contributed by atoms with Gasteiger partial charge in [0.2, 0.25) is 0 Å². The minimum absolute atomic E-state index is 0.0382. The smallest absolute Gasteiger partial charge is 0.335 e. The van der Waals surface area contributed by atoms with Crippen LogP contribution in [0.4, 0.5) is 5.69 Å². The van der Waals surface area contributed by atoms with Crippen LogP contribution in [0.15, 0.2) is 48.5 Å². The molecule has 0 saturated carbocycles. The molecule has 102 valence electrons. The number of rotatable bonds is 5. The highest BCUT2D eigenvalue weighted by Crippen LogP contribution is 2.20. The van der Waals surface area contributed by atoms with Gasteiger partial charge in [-0.2, -0.15) is 0 Å². The maximum Gasteiger partial charge on any atom is 0.335 e. The molecule has 0 aliphatic rings. The molecular formula is C14H11NO5. The summed E-state index contributed by atoms with van der Waals surface area (Å²) in [6, 6.07) is 12.1.